The molecule has 0 aliphatic carbocycles. The minimum atomic E-state index is -0.338. The van der Waals surface area contributed by atoms with Gasteiger partial charge in [-0.2, -0.15) is 5.26 Å². The van der Waals surface area contributed by atoms with Crippen LogP contribution in [0.5, 0.6) is 0 Å². The maximum Gasteiger partial charge on any atom is 0.266 e. The van der Waals surface area contributed by atoms with Crippen molar-refractivity contribution in [2.45, 2.75) is 20.4 Å². The summed E-state index contributed by atoms with van der Waals surface area (Å²) in [7, 11) is 0. The van der Waals surface area contributed by atoms with E-state index in [9.17, 15) is 4.79 Å². The van der Waals surface area contributed by atoms with Gasteiger partial charge in [0.2, 0.25) is 0 Å². The molecular weight excluding hydrogens is 166 g/mol. The number of rotatable bonds is 1. The van der Waals surface area contributed by atoms with E-state index in [0.29, 0.717) is 12.1 Å². The van der Waals surface area contributed by atoms with Gasteiger partial charge in [-0.25, -0.2) is 0 Å². The van der Waals surface area contributed by atoms with Crippen LogP contribution in [0.3, 0.4) is 0 Å². The van der Waals surface area contributed by atoms with Gasteiger partial charge in [-0.3, -0.25) is 4.79 Å². The Morgan fingerprint density at radius 1 is 1.54 bits per heavy atom. The van der Waals surface area contributed by atoms with Crippen LogP contribution >= 0.6 is 0 Å². The zero-order valence-corrected chi connectivity index (χ0v) is 7.64. The van der Waals surface area contributed by atoms with Crippen LogP contribution in [0.4, 0.5) is 0 Å². The van der Waals surface area contributed by atoms with E-state index < -0.39 is 0 Å². The number of nitrogens with two attached hydrogens (primary N) is 1. The van der Waals surface area contributed by atoms with Crippen molar-refractivity contribution in [2.24, 2.45) is 5.73 Å². The SMILES string of the molecule is Cc1[nH]c(=O)c(C#N)c(C)c1CN. The molecule has 1 aromatic heterocycles. The van der Waals surface area contributed by atoms with Crippen molar-refractivity contribution in [2.75, 3.05) is 0 Å². The predicted molar refractivity (Wildman–Crippen MR) is 49.1 cm³/mol. The summed E-state index contributed by atoms with van der Waals surface area (Å²) < 4.78 is 0. The first-order chi connectivity index (χ1) is 6.11. The number of aromatic amines is 1. The Hall–Kier alpha value is -1.60. The number of H-pyrrole nitrogens is 1. The smallest absolute Gasteiger partial charge is 0.266 e. The Bertz CT molecular complexity index is 426. The minimum Gasteiger partial charge on any atom is -0.326 e. The minimum absolute atomic E-state index is 0.158. The first kappa shape index (κ1) is 9.49. The molecule has 0 bridgehead atoms. The summed E-state index contributed by atoms with van der Waals surface area (Å²) in [5.74, 6) is 0. The normalized spacial score (nSPS) is 9.69. The van der Waals surface area contributed by atoms with Crippen LogP contribution < -0.4 is 11.3 Å². The fourth-order valence-electron chi connectivity index (χ4n) is 1.35. The molecule has 1 aromatic rings. The fraction of sp³-hybridized carbons (Fsp3) is 0.333. The second-order valence-electron chi connectivity index (χ2n) is 2.87. The highest BCUT2D eigenvalue weighted by Crippen LogP contribution is 2.10. The molecule has 0 aromatic carbocycles. The number of aromatic nitrogens is 1. The van der Waals surface area contributed by atoms with E-state index >= 15 is 0 Å². The molecular formula is C9H11N3O. The van der Waals surface area contributed by atoms with Gasteiger partial charge in [0.05, 0.1) is 0 Å². The van der Waals surface area contributed by atoms with Gasteiger partial charge in [0.25, 0.3) is 5.56 Å². The molecule has 0 radical (unpaired) electrons. The van der Waals surface area contributed by atoms with E-state index in [-0.39, 0.29) is 11.1 Å². The molecule has 1 heterocycles. The highest BCUT2D eigenvalue weighted by molar-refractivity contribution is 5.41. The van der Waals surface area contributed by atoms with Crippen LogP contribution in [-0.2, 0) is 6.54 Å². The third kappa shape index (κ3) is 1.46. The van der Waals surface area contributed by atoms with Gasteiger partial charge in [-0.1, -0.05) is 0 Å². The third-order valence-corrected chi connectivity index (χ3v) is 2.12. The molecule has 0 unspecified atom stereocenters. The van der Waals surface area contributed by atoms with Crippen molar-refractivity contribution < 1.29 is 0 Å². The summed E-state index contributed by atoms with van der Waals surface area (Å²) in [6.45, 7) is 3.85. The molecule has 0 atom stereocenters. The van der Waals surface area contributed by atoms with Crippen molar-refractivity contribution in [3.05, 3.63) is 32.7 Å². The van der Waals surface area contributed by atoms with E-state index in [1.165, 1.54) is 0 Å². The molecule has 0 saturated heterocycles. The van der Waals surface area contributed by atoms with Crippen molar-refractivity contribution in [3.8, 4) is 6.07 Å². The molecule has 0 saturated carbocycles. The Balaban J connectivity index is 3.60. The first-order valence-electron chi connectivity index (χ1n) is 3.94. The van der Waals surface area contributed by atoms with Crippen LogP contribution in [0.2, 0.25) is 0 Å². The molecule has 0 aliphatic rings. The summed E-state index contributed by atoms with van der Waals surface area (Å²) in [5.41, 5.74) is 7.58. The number of nitriles is 1. The lowest BCUT2D eigenvalue weighted by Crippen LogP contribution is -2.18. The van der Waals surface area contributed by atoms with E-state index in [2.05, 4.69) is 4.98 Å². The van der Waals surface area contributed by atoms with Gasteiger partial charge in [0, 0.05) is 12.2 Å². The van der Waals surface area contributed by atoms with Gasteiger partial charge in [-0.15, -0.1) is 0 Å². The maximum atomic E-state index is 11.2. The summed E-state index contributed by atoms with van der Waals surface area (Å²) in [6, 6.07) is 1.87. The Labute approximate surface area is 76.0 Å². The van der Waals surface area contributed by atoms with Crippen molar-refractivity contribution in [1.82, 2.24) is 4.98 Å². The molecule has 0 spiro atoms. The van der Waals surface area contributed by atoms with Crippen molar-refractivity contribution >= 4 is 0 Å². The molecule has 1 rings (SSSR count). The third-order valence-electron chi connectivity index (χ3n) is 2.12. The summed E-state index contributed by atoms with van der Waals surface area (Å²) in [5, 5.41) is 8.70. The standard InChI is InChI=1S/C9H11N3O/c1-5-7(3-10)6(2)12-9(13)8(5)4-11/h3,10H2,1-2H3,(H,12,13). The van der Waals surface area contributed by atoms with Gasteiger partial charge >= 0.3 is 0 Å². The van der Waals surface area contributed by atoms with Gasteiger partial charge < -0.3 is 10.7 Å². The van der Waals surface area contributed by atoms with Crippen molar-refractivity contribution in [3.63, 3.8) is 0 Å². The highest BCUT2D eigenvalue weighted by Gasteiger charge is 2.09. The zero-order chi connectivity index (χ0) is 10.0. The van der Waals surface area contributed by atoms with Crippen LogP contribution in [0.25, 0.3) is 0 Å². The first-order valence-corrected chi connectivity index (χ1v) is 3.94. The lowest BCUT2D eigenvalue weighted by Gasteiger charge is -2.07. The number of aryl methyl sites for hydroxylation is 1. The Morgan fingerprint density at radius 3 is 2.62 bits per heavy atom. The molecule has 13 heavy (non-hydrogen) atoms. The molecule has 0 fully saturated rings. The number of hydrogen-bond acceptors (Lipinski definition) is 3. The van der Waals surface area contributed by atoms with Gasteiger partial charge in [-0.05, 0) is 25.0 Å². The molecule has 4 heteroatoms. The summed E-state index contributed by atoms with van der Waals surface area (Å²) in [4.78, 5) is 13.8. The van der Waals surface area contributed by atoms with E-state index in [1.54, 1.807) is 13.8 Å². The summed E-state index contributed by atoms with van der Waals surface area (Å²) >= 11 is 0. The number of hydrogen-bond donors (Lipinski definition) is 2. The number of nitrogens with one attached hydrogen (secondary N) is 1. The van der Waals surface area contributed by atoms with Crippen LogP contribution in [0, 0.1) is 25.2 Å². The Morgan fingerprint density at radius 2 is 2.15 bits per heavy atom. The second kappa shape index (κ2) is 3.42. The topological polar surface area (TPSA) is 82.7 Å². The van der Waals surface area contributed by atoms with Gasteiger partial charge in [0.1, 0.15) is 11.6 Å². The second-order valence-corrected chi connectivity index (χ2v) is 2.87. The van der Waals surface area contributed by atoms with E-state index in [1.807, 2.05) is 6.07 Å². The van der Waals surface area contributed by atoms with E-state index in [0.717, 1.165) is 11.3 Å². The molecule has 4 nitrogen and oxygen atoms in total. The van der Waals surface area contributed by atoms with E-state index in [4.69, 9.17) is 11.0 Å². The largest absolute Gasteiger partial charge is 0.326 e. The highest BCUT2D eigenvalue weighted by atomic mass is 16.1. The lowest BCUT2D eigenvalue weighted by atomic mass is 10.0. The zero-order valence-electron chi connectivity index (χ0n) is 7.64. The molecule has 0 amide bonds. The maximum absolute atomic E-state index is 11.2. The number of nitrogens with zero attached hydrogens (tertiary/aromatic N) is 1. The van der Waals surface area contributed by atoms with Crippen LogP contribution in [0.1, 0.15) is 22.4 Å². The molecule has 68 valence electrons. The number of pyridine rings is 1. The van der Waals surface area contributed by atoms with Crippen LogP contribution in [0.15, 0.2) is 4.79 Å². The average Bonchev–Trinajstić information content (AvgIpc) is 2.04. The quantitative estimate of drug-likeness (QED) is 0.648. The fourth-order valence-corrected chi connectivity index (χ4v) is 1.35. The molecule has 3 N–H and O–H groups in total. The Kier molecular flexibility index (Phi) is 2.49. The van der Waals surface area contributed by atoms with Crippen LogP contribution in [-0.4, -0.2) is 4.98 Å². The molecule has 0 aliphatic heterocycles. The van der Waals surface area contributed by atoms with Crippen molar-refractivity contribution in [1.29, 1.82) is 5.26 Å². The monoisotopic (exact) mass is 177 g/mol. The summed E-state index contributed by atoms with van der Waals surface area (Å²) in [6.07, 6.45) is 0. The lowest BCUT2D eigenvalue weighted by molar-refractivity contribution is 0.965. The average molecular weight is 177 g/mol. The predicted octanol–water partition coefficient (Wildman–Crippen LogP) is 0.322. The van der Waals surface area contributed by atoms with Gasteiger partial charge in [0.15, 0.2) is 0 Å².